The van der Waals surface area contributed by atoms with Crippen molar-refractivity contribution in [1.29, 1.82) is 0 Å². The first-order valence-corrected chi connectivity index (χ1v) is 9.28. The maximum Gasteiger partial charge on any atom is 0.271 e. The summed E-state index contributed by atoms with van der Waals surface area (Å²) in [6.07, 6.45) is 8.25. The van der Waals surface area contributed by atoms with Gasteiger partial charge in [-0.15, -0.1) is 11.3 Å². The lowest BCUT2D eigenvalue weighted by Crippen LogP contribution is -2.32. The van der Waals surface area contributed by atoms with Crippen LogP contribution in [0.25, 0.3) is 10.2 Å². The fourth-order valence-electron chi connectivity index (χ4n) is 3.39. The van der Waals surface area contributed by atoms with Gasteiger partial charge in [0.25, 0.3) is 11.5 Å². The number of aromatic nitrogens is 2. The number of amides is 1. The van der Waals surface area contributed by atoms with Crippen LogP contribution in [-0.2, 0) is 0 Å². The lowest BCUT2D eigenvalue weighted by atomic mass is 10.2. The van der Waals surface area contributed by atoms with E-state index >= 15 is 0 Å². The van der Waals surface area contributed by atoms with Crippen molar-refractivity contribution in [2.24, 2.45) is 0 Å². The zero-order chi connectivity index (χ0) is 16.0. The summed E-state index contributed by atoms with van der Waals surface area (Å²) >= 11 is 1.42. The molecule has 5 nitrogen and oxygen atoms in total. The van der Waals surface area contributed by atoms with Gasteiger partial charge in [0.15, 0.2) is 0 Å². The lowest BCUT2D eigenvalue weighted by molar-refractivity contribution is 0.0763. The number of nitrogens with zero attached hydrogens (tertiary/aromatic N) is 3. The van der Waals surface area contributed by atoms with E-state index in [0.717, 1.165) is 43.6 Å². The van der Waals surface area contributed by atoms with Crippen molar-refractivity contribution in [1.82, 2.24) is 14.5 Å². The van der Waals surface area contributed by atoms with Crippen molar-refractivity contribution in [3.8, 4) is 0 Å². The first-order valence-electron chi connectivity index (χ1n) is 8.46. The minimum Gasteiger partial charge on any atom is -0.339 e. The molecule has 0 radical (unpaired) electrons. The molecule has 2 fully saturated rings. The fraction of sp³-hybridized carbons (Fsp3) is 0.588. The Labute approximate surface area is 138 Å². The van der Waals surface area contributed by atoms with Crippen molar-refractivity contribution in [2.45, 2.75) is 51.5 Å². The normalized spacial score (nSPS) is 19.1. The van der Waals surface area contributed by atoms with Crippen LogP contribution in [0.1, 0.15) is 59.8 Å². The van der Waals surface area contributed by atoms with Gasteiger partial charge in [-0.3, -0.25) is 14.2 Å². The quantitative estimate of drug-likeness (QED) is 0.849. The summed E-state index contributed by atoms with van der Waals surface area (Å²) in [5, 5.41) is 0. The number of fused-ring (bicyclic) bond motifs is 1. The molecule has 1 saturated carbocycles. The van der Waals surface area contributed by atoms with Crippen molar-refractivity contribution in [3.63, 3.8) is 0 Å². The third-order valence-electron chi connectivity index (χ3n) is 4.85. The Morgan fingerprint density at radius 1 is 1.22 bits per heavy atom. The molecule has 1 aliphatic heterocycles. The molecule has 122 valence electrons. The number of rotatable bonds is 2. The minimum absolute atomic E-state index is 0.0144. The molecule has 1 aliphatic carbocycles. The monoisotopic (exact) mass is 331 g/mol. The summed E-state index contributed by atoms with van der Waals surface area (Å²) in [5.41, 5.74) is 1.26. The molecule has 0 unspecified atom stereocenters. The number of carbonyl (C=O) groups excluding carboxylic acids is 1. The van der Waals surface area contributed by atoms with Crippen molar-refractivity contribution < 1.29 is 4.79 Å². The molecular weight excluding hydrogens is 310 g/mol. The maximum absolute atomic E-state index is 13.0. The molecule has 0 spiro atoms. The summed E-state index contributed by atoms with van der Waals surface area (Å²) in [6.45, 7) is 3.56. The second kappa shape index (κ2) is 5.74. The summed E-state index contributed by atoms with van der Waals surface area (Å²) in [4.78, 5) is 33.0. The molecule has 2 aromatic rings. The van der Waals surface area contributed by atoms with Crippen LogP contribution in [0, 0.1) is 6.92 Å². The van der Waals surface area contributed by atoms with Crippen LogP contribution in [0.3, 0.4) is 0 Å². The van der Waals surface area contributed by atoms with E-state index in [9.17, 15) is 9.59 Å². The second-order valence-electron chi connectivity index (χ2n) is 6.61. The Balaban J connectivity index is 1.77. The highest BCUT2D eigenvalue weighted by atomic mass is 32.1. The van der Waals surface area contributed by atoms with Gasteiger partial charge in [-0.2, -0.15) is 0 Å². The van der Waals surface area contributed by atoms with E-state index < -0.39 is 0 Å². The minimum atomic E-state index is 0.0144. The molecule has 4 rings (SSSR count). The van der Waals surface area contributed by atoms with Crippen molar-refractivity contribution in [2.75, 3.05) is 13.1 Å². The average molecular weight is 331 g/mol. The zero-order valence-electron chi connectivity index (χ0n) is 13.4. The molecule has 0 atom stereocenters. The van der Waals surface area contributed by atoms with E-state index in [4.69, 9.17) is 0 Å². The highest BCUT2D eigenvalue weighted by Gasteiger charge is 2.29. The zero-order valence-corrected chi connectivity index (χ0v) is 14.2. The third kappa shape index (κ3) is 2.59. The van der Waals surface area contributed by atoms with Gasteiger partial charge in [0.2, 0.25) is 0 Å². The summed E-state index contributed by atoms with van der Waals surface area (Å²) in [6, 6.07) is 0.312. The second-order valence-corrected chi connectivity index (χ2v) is 7.83. The summed E-state index contributed by atoms with van der Waals surface area (Å²) < 4.78 is 2.37. The SMILES string of the molecule is Cc1sc2c(=O)n(C3CC3)cnc2c1C(=O)N1CCCCCC1. The number of carbonyl (C=O) groups is 1. The van der Waals surface area contributed by atoms with Gasteiger partial charge in [0, 0.05) is 24.0 Å². The lowest BCUT2D eigenvalue weighted by Gasteiger charge is -2.20. The molecule has 23 heavy (non-hydrogen) atoms. The number of aryl methyl sites for hydroxylation is 1. The predicted molar refractivity (Wildman–Crippen MR) is 91.3 cm³/mol. The smallest absolute Gasteiger partial charge is 0.271 e. The predicted octanol–water partition coefficient (Wildman–Crippen LogP) is 3.12. The van der Waals surface area contributed by atoms with Gasteiger partial charge in [0.05, 0.1) is 11.9 Å². The molecule has 2 aromatic heterocycles. The van der Waals surface area contributed by atoms with Crippen LogP contribution >= 0.6 is 11.3 Å². The summed E-state index contributed by atoms with van der Waals surface area (Å²) in [5.74, 6) is 0.0479. The molecule has 3 heterocycles. The Morgan fingerprint density at radius 2 is 1.91 bits per heavy atom. The van der Waals surface area contributed by atoms with E-state index in [1.807, 2.05) is 11.8 Å². The number of likely N-dealkylation sites (tertiary alicyclic amines) is 1. The molecule has 2 aliphatic rings. The van der Waals surface area contributed by atoms with Gasteiger partial charge < -0.3 is 4.90 Å². The van der Waals surface area contributed by atoms with Crippen LogP contribution in [0.15, 0.2) is 11.1 Å². The van der Waals surface area contributed by atoms with Crippen molar-refractivity contribution >= 4 is 27.5 Å². The number of hydrogen-bond donors (Lipinski definition) is 0. The van der Waals surface area contributed by atoms with E-state index in [0.29, 0.717) is 21.8 Å². The number of hydrogen-bond acceptors (Lipinski definition) is 4. The average Bonchev–Trinajstić information content (AvgIpc) is 3.33. The van der Waals surface area contributed by atoms with Crippen LogP contribution in [0.2, 0.25) is 0 Å². The van der Waals surface area contributed by atoms with Crippen LogP contribution < -0.4 is 5.56 Å². The number of thiophene rings is 1. The molecule has 0 N–H and O–H groups in total. The van der Waals surface area contributed by atoms with Gasteiger partial charge in [-0.1, -0.05) is 12.8 Å². The first kappa shape index (κ1) is 14.9. The van der Waals surface area contributed by atoms with E-state index in [1.165, 1.54) is 24.2 Å². The maximum atomic E-state index is 13.0. The van der Waals surface area contributed by atoms with Crippen LogP contribution in [-0.4, -0.2) is 33.4 Å². The Hall–Kier alpha value is -1.69. The van der Waals surface area contributed by atoms with Crippen LogP contribution in [0.4, 0.5) is 0 Å². The molecule has 0 aromatic carbocycles. The Kier molecular flexibility index (Phi) is 3.71. The largest absolute Gasteiger partial charge is 0.339 e. The fourth-order valence-corrected chi connectivity index (χ4v) is 4.42. The standard InChI is InChI=1S/C17H21N3O2S/c1-11-13(16(21)19-8-4-2-3-5-9-19)14-15(23-11)17(22)20(10-18-14)12-6-7-12/h10,12H,2-9H2,1H3. The molecular formula is C17H21N3O2S. The summed E-state index contributed by atoms with van der Waals surface area (Å²) in [7, 11) is 0. The highest BCUT2D eigenvalue weighted by Crippen LogP contribution is 2.35. The van der Waals surface area contributed by atoms with Crippen molar-refractivity contribution in [3.05, 3.63) is 27.1 Å². The van der Waals surface area contributed by atoms with E-state index in [-0.39, 0.29) is 11.5 Å². The van der Waals surface area contributed by atoms with Crippen LogP contribution in [0.5, 0.6) is 0 Å². The third-order valence-corrected chi connectivity index (χ3v) is 5.93. The Morgan fingerprint density at radius 3 is 2.57 bits per heavy atom. The molecule has 1 amide bonds. The van der Waals surface area contributed by atoms with Gasteiger partial charge >= 0.3 is 0 Å². The Bertz CT molecular complexity index is 811. The van der Waals surface area contributed by atoms with E-state index in [1.54, 1.807) is 10.9 Å². The van der Waals surface area contributed by atoms with Gasteiger partial charge in [0.1, 0.15) is 10.2 Å². The molecule has 1 saturated heterocycles. The van der Waals surface area contributed by atoms with E-state index in [2.05, 4.69) is 4.98 Å². The van der Waals surface area contributed by atoms with Gasteiger partial charge in [-0.05, 0) is 32.6 Å². The molecule has 0 bridgehead atoms. The van der Waals surface area contributed by atoms with Gasteiger partial charge in [-0.25, -0.2) is 4.98 Å². The topological polar surface area (TPSA) is 55.2 Å². The molecule has 6 heteroatoms. The highest BCUT2D eigenvalue weighted by molar-refractivity contribution is 7.19. The first-order chi connectivity index (χ1) is 11.2.